The Morgan fingerprint density at radius 1 is 0.700 bits per heavy atom. The van der Waals surface area contributed by atoms with E-state index in [1.165, 1.54) is 24.3 Å². The largest absolute Gasteiger partial charge is 0.445 e. The molecule has 0 unspecified atom stereocenters. The van der Waals surface area contributed by atoms with Crippen LogP contribution in [0.2, 0.25) is 10.0 Å². The van der Waals surface area contributed by atoms with Gasteiger partial charge in [0.25, 0.3) is 11.8 Å². The number of hydrogen-bond donors (Lipinski definition) is 0. The van der Waals surface area contributed by atoms with Crippen molar-refractivity contribution >= 4 is 52.5 Å². The molecule has 0 radical (unpaired) electrons. The maximum atomic E-state index is 13.6. The van der Waals surface area contributed by atoms with Gasteiger partial charge in [0.05, 0.1) is 32.4 Å². The van der Waals surface area contributed by atoms with Gasteiger partial charge in [-0.1, -0.05) is 71.7 Å². The van der Waals surface area contributed by atoms with Gasteiger partial charge in [-0.15, -0.1) is 0 Å². The number of Topliss-reactive ketones (excluding diaryl/α,β-unsaturated/α-hetero) is 1. The Morgan fingerprint density at radius 2 is 1.27 bits per heavy atom. The molecule has 1 aliphatic rings. The van der Waals surface area contributed by atoms with Crippen LogP contribution in [0.5, 0.6) is 0 Å². The van der Waals surface area contributed by atoms with Crippen molar-refractivity contribution in [1.82, 2.24) is 0 Å². The lowest BCUT2D eigenvalue weighted by molar-refractivity contribution is 0.0280. The number of imide groups is 1. The number of benzene rings is 4. The number of hydrogen-bond acceptors (Lipinski definition) is 5. The summed E-state index contributed by atoms with van der Waals surface area (Å²) in [4.78, 5) is 54.4. The van der Waals surface area contributed by atoms with Crippen molar-refractivity contribution < 1.29 is 23.9 Å². The molecule has 0 bridgehead atoms. The summed E-state index contributed by atoms with van der Waals surface area (Å²) in [5.74, 6) is -2.32. The standard InChI is InChI=1S/C32H23Cl2NO5/c1-17-9-11-21(13-19(17)3)28(36)29(20-7-5-4-6-8-20)40-32(39)22-12-10-18(2)27(14-22)35-30(37)23-15-25(33)26(34)16-24(23)31(35)38/h4-16,29H,1-3H3/t29-/m0/s1. The zero-order chi connectivity index (χ0) is 28.7. The second-order valence-corrected chi connectivity index (χ2v) is 10.4. The third kappa shape index (κ3) is 4.92. The summed E-state index contributed by atoms with van der Waals surface area (Å²) in [6, 6.07) is 21.3. The molecule has 4 aromatic rings. The van der Waals surface area contributed by atoms with Crippen LogP contribution < -0.4 is 4.90 Å². The fourth-order valence-electron chi connectivity index (χ4n) is 4.55. The van der Waals surface area contributed by atoms with Crippen LogP contribution in [0.3, 0.4) is 0 Å². The Labute approximate surface area is 241 Å². The first-order valence-corrected chi connectivity index (χ1v) is 13.2. The van der Waals surface area contributed by atoms with E-state index >= 15 is 0 Å². The number of fused-ring (bicyclic) bond motifs is 1. The van der Waals surface area contributed by atoms with Crippen molar-refractivity contribution in [3.05, 3.63) is 133 Å². The van der Waals surface area contributed by atoms with Crippen LogP contribution in [0.25, 0.3) is 0 Å². The number of halogens is 2. The molecule has 0 spiro atoms. The molecular weight excluding hydrogens is 549 g/mol. The molecule has 40 heavy (non-hydrogen) atoms. The highest BCUT2D eigenvalue weighted by atomic mass is 35.5. The number of rotatable bonds is 6. The summed E-state index contributed by atoms with van der Waals surface area (Å²) >= 11 is 12.2. The number of nitrogens with zero attached hydrogens (tertiary/aromatic N) is 1. The highest BCUT2D eigenvalue weighted by Crippen LogP contribution is 2.36. The molecule has 0 aliphatic carbocycles. The molecule has 0 fully saturated rings. The van der Waals surface area contributed by atoms with E-state index in [2.05, 4.69) is 0 Å². The quantitative estimate of drug-likeness (QED) is 0.136. The maximum absolute atomic E-state index is 13.6. The van der Waals surface area contributed by atoms with Crippen LogP contribution in [0, 0.1) is 20.8 Å². The van der Waals surface area contributed by atoms with Crippen LogP contribution >= 0.6 is 23.2 Å². The second kappa shape index (κ2) is 10.7. The van der Waals surface area contributed by atoms with Gasteiger partial charge in [0, 0.05) is 11.1 Å². The predicted molar refractivity (Wildman–Crippen MR) is 154 cm³/mol. The number of anilines is 1. The number of amides is 2. The van der Waals surface area contributed by atoms with Gasteiger partial charge in [0.2, 0.25) is 5.78 Å². The van der Waals surface area contributed by atoms with E-state index in [0.717, 1.165) is 16.0 Å². The van der Waals surface area contributed by atoms with Gasteiger partial charge >= 0.3 is 5.97 Å². The lowest BCUT2D eigenvalue weighted by Gasteiger charge is -2.20. The first-order chi connectivity index (χ1) is 19.1. The summed E-state index contributed by atoms with van der Waals surface area (Å²) in [6.07, 6.45) is -1.20. The van der Waals surface area contributed by atoms with Gasteiger partial charge in [-0.2, -0.15) is 0 Å². The smallest absolute Gasteiger partial charge is 0.339 e. The Hall–Kier alpha value is -4.26. The molecule has 6 nitrogen and oxygen atoms in total. The fraction of sp³-hybridized carbons (Fsp3) is 0.125. The summed E-state index contributed by atoms with van der Waals surface area (Å²) in [5, 5.41) is 0.302. The molecule has 0 saturated heterocycles. The van der Waals surface area contributed by atoms with Crippen LogP contribution in [0.15, 0.2) is 78.9 Å². The number of ketones is 1. The molecule has 8 heteroatoms. The normalized spacial score (nSPS) is 13.3. The van der Waals surface area contributed by atoms with Gasteiger partial charge in [-0.25, -0.2) is 9.69 Å². The fourth-order valence-corrected chi connectivity index (χ4v) is 4.88. The van der Waals surface area contributed by atoms with Gasteiger partial charge < -0.3 is 4.74 Å². The minimum atomic E-state index is -1.20. The third-order valence-corrected chi connectivity index (χ3v) is 7.69. The lowest BCUT2D eigenvalue weighted by atomic mass is 9.97. The summed E-state index contributed by atoms with van der Waals surface area (Å²) in [5.41, 5.74) is 4.01. The number of carbonyl (C=O) groups is 4. The molecular formula is C32H23Cl2NO5. The molecule has 2 amide bonds. The second-order valence-electron chi connectivity index (χ2n) is 9.62. The zero-order valence-electron chi connectivity index (χ0n) is 21.8. The Balaban J connectivity index is 1.48. The summed E-state index contributed by atoms with van der Waals surface area (Å²) in [6.45, 7) is 5.57. The van der Waals surface area contributed by atoms with E-state index in [-0.39, 0.29) is 38.2 Å². The van der Waals surface area contributed by atoms with E-state index in [1.54, 1.807) is 55.5 Å². The van der Waals surface area contributed by atoms with Crippen molar-refractivity contribution in [1.29, 1.82) is 0 Å². The third-order valence-electron chi connectivity index (χ3n) is 6.97. The van der Waals surface area contributed by atoms with Crippen LogP contribution in [0.4, 0.5) is 5.69 Å². The average Bonchev–Trinajstić information content (AvgIpc) is 3.17. The highest BCUT2D eigenvalue weighted by molar-refractivity contribution is 6.44. The first kappa shape index (κ1) is 27.3. The van der Waals surface area contributed by atoms with Crippen molar-refractivity contribution in [3.8, 4) is 0 Å². The monoisotopic (exact) mass is 571 g/mol. The maximum Gasteiger partial charge on any atom is 0.339 e. The van der Waals surface area contributed by atoms with Gasteiger partial charge in [0.15, 0.2) is 6.10 Å². The minimum Gasteiger partial charge on any atom is -0.445 e. The van der Waals surface area contributed by atoms with Gasteiger partial charge in [-0.3, -0.25) is 14.4 Å². The SMILES string of the molecule is Cc1ccc(C(=O)[C@@H](OC(=O)c2ccc(C)c(N3C(=O)c4cc(Cl)c(Cl)cc4C3=O)c2)c2ccccc2)cc1C. The van der Waals surface area contributed by atoms with Crippen molar-refractivity contribution in [2.75, 3.05) is 4.90 Å². The molecule has 0 N–H and O–H groups in total. The van der Waals surface area contributed by atoms with Crippen molar-refractivity contribution in [2.45, 2.75) is 26.9 Å². The lowest BCUT2D eigenvalue weighted by Crippen LogP contribution is -2.30. The zero-order valence-corrected chi connectivity index (χ0v) is 23.3. The molecule has 0 aromatic heterocycles. The van der Waals surface area contributed by atoms with E-state index in [0.29, 0.717) is 16.7 Å². The van der Waals surface area contributed by atoms with Crippen molar-refractivity contribution in [3.63, 3.8) is 0 Å². The van der Waals surface area contributed by atoms with Crippen LogP contribution in [0.1, 0.15) is 69.8 Å². The first-order valence-electron chi connectivity index (χ1n) is 12.4. The molecule has 200 valence electrons. The highest BCUT2D eigenvalue weighted by Gasteiger charge is 2.38. The van der Waals surface area contributed by atoms with Gasteiger partial charge in [-0.05, 0) is 67.8 Å². The number of ether oxygens (including phenoxy) is 1. The minimum absolute atomic E-state index is 0.0713. The molecule has 1 heterocycles. The molecule has 4 aromatic carbocycles. The molecule has 0 saturated carbocycles. The van der Waals surface area contributed by atoms with E-state index < -0.39 is 23.9 Å². The summed E-state index contributed by atoms with van der Waals surface area (Å²) < 4.78 is 5.80. The Bertz CT molecular complexity index is 1670. The van der Waals surface area contributed by atoms with Crippen LogP contribution in [-0.4, -0.2) is 23.6 Å². The topological polar surface area (TPSA) is 80.8 Å². The number of carbonyl (C=O) groups excluding carboxylic acids is 4. The number of aryl methyl sites for hydroxylation is 3. The molecule has 1 aliphatic heterocycles. The van der Waals surface area contributed by atoms with E-state index in [4.69, 9.17) is 27.9 Å². The van der Waals surface area contributed by atoms with E-state index in [1.807, 2.05) is 19.9 Å². The Morgan fingerprint density at radius 3 is 1.88 bits per heavy atom. The predicted octanol–water partition coefficient (Wildman–Crippen LogP) is 7.50. The van der Waals surface area contributed by atoms with Gasteiger partial charge in [0.1, 0.15) is 0 Å². The Kier molecular flexibility index (Phi) is 7.32. The average molecular weight is 572 g/mol. The summed E-state index contributed by atoms with van der Waals surface area (Å²) in [7, 11) is 0. The van der Waals surface area contributed by atoms with E-state index in [9.17, 15) is 19.2 Å². The molecule has 5 rings (SSSR count). The molecule has 1 atom stereocenters. The van der Waals surface area contributed by atoms with Crippen LogP contribution in [-0.2, 0) is 4.74 Å². The van der Waals surface area contributed by atoms with Crippen molar-refractivity contribution in [2.24, 2.45) is 0 Å². The number of esters is 1.